The third kappa shape index (κ3) is 3.36. The molecule has 1 atom stereocenters. The first kappa shape index (κ1) is 16.0. The van der Waals surface area contributed by atoms with Crippen LogP contribution < -0.4 is 10.6 Å². The number of hydrogen-bond acceptors (Lipinski definition) is 3. The van der Waals surface area contributed by atoms with Gasteiger partial charge in [-0.25, -0.2) is 0 Å². The maximum atomic E-state index is 12.6. The summed E-state index contributed by atoms with van der Waals surface area (Å²) in [6, 6.07) is 15.2. The molecular formula is C19H20N4O. The molecule has 122 valence electrons. The number of nitrogens with one attached hydrogen (secondary N) is 3. The fourth-order valence-corrected chi connectivity index (χ4v) is 2.71. The van der Waals surface area contributed by atoms with Crippen molar-refractivity contribution in [2.24, 2.45) is 0 Å². The van der Waals surface area contributed by atoms with E-state index in [-0.39, 0.29) is 11.9 Å². The Labute approximate surface area is 141 Å². The smallest absolute Gasteiger partial charge is 0.246 e. The predicted molar refractivity (Wildman–Crippen MR) is 95.6 cm³/mol. The Morgan fingerprint density at radius 1 is 1.08 bits per heavy atom. The molecule has 3 rings (SSSR count). The molecule has 0 saturated carbocycles. The van der Waals surface area contributed by atoms with Crippen LogP contribution in [0.2, 0.25) is 0 Å². The minimum absolute atomic E-state index is 0.0807. The largest absolute Gasteiger partial charge is 0.324 e. The number of carbonyl (C=O) groups excluding carboxylic acids is 1. The maximum absolute atomic E-state index is 12.6. The zero-order valence-corrected chi connectivity index (χ0v) is 13.7. The van der Waals surface area contributed by atoms with E-state index in [1.54, 1.807) is 13.2 Å². The zero-order chi connectivity index (χ0) is 16.9. The van der Waals surface area contributed by atoms with Gasteiger partial charge >= 0.3 is 0 Å². The molecule has 1 heterocycles. The van der Waals surface area contributed by atoms with Crippen LogP contribution in [0, 0.1) is 6.92 Å². The number of nitrogens with zero attached hydrogens (tertiary/aromatic N) is 1. The van der Waals surface area contributed by atoms with Crippen molar-refractivity contribution in [3.8, 4) is 11.1 Å². The van der Waals surface area contributed by atoms with E-state index in [0.29, 0.717) is 0 Å². The average molecular weight is 320 g/mol. The Balaban J connectivity index is 1.75. The summed E-state index contributed by atoms with van der Waals surface area (Å²) in [4.78, 5) is 12.6. The van der Waals surface area contributed by atoms with E-state index < -0.39 is 0 Å². The van der Waals surface area contributed by atoms with Gasteiger partial charge in [0.1, 0.15) is 6.04 Å². The molecule has 1 unspecified atom stereocenters. The van der Waals surface area contributed by atoms with Crippen LogP contribution in [0.1, 0.15) is 17.2 Å². The van der Waals surface area contributed by atoms with Crippen molar-refractivity contribution in [2.45, 2.75) is 13.0 Å². The van der Waals surface area contributed by atoms with Gasteiger partial charge < -0.3 is 10.6 Å². The normalized spacial score (nSPS) is 11.9. The summed E-state index contributed by atoms with van der Waals surface area (Å²) >= 11 is 0. The van der Waals surface area contributed by atoms with Crippen molar-refractivity contribution in [3.63, 3.8) is 0 Å². The first-order valence-electron chi connectivity index (χ1n) is 7.82. The van der Waals surface area contributed by atoms with Crippen LogP contribution in [0.4, 0.5) is 5.69 Å². The van der Waals surface area contributed by atoms with Crippen molar-refractivity contribution >= 4 is 11.6 Å². The Kier molecular flexibility index (Phi) is 4.72. The molecule has 24 heavy (non-hydrogen) atoms. The second-order valence-electron chi connectivity index (χ2n) is 5.63. The summed E-state index contributed by atoms with van der Waals surface area (Å²) in [6.07, 6.45) is 3.60. The number of anilines is 1. The first-order valence-corrected chi connectivity index (χ1v) is 7.82. The van der Waals surface area contributed by atoms with Gasteiger partial charge in [0.15, 0.2) is 0 Å². The van der Waals surface area contributed by atoms with Gasteiger partial charge in [-0.15, -0.1) is 0 Å². The van der Waals surface area contributed by atoms with E-state index in [1.165, 1.54) is 0 Å². The third-order valence-electron chi connectivity index (χ3n) is 4.03. The number of amides is 1. The molecule has 3 aromatic rings. The second kappa shape index (κ2) is 7.10. The number of rotatable bonds is 5. The highest BCUT2D eigenvalue weighted by Gasteiger charge is 2.20. The Hall–Kier alpha value is -2.92. The molecule has 0 aliphatic heterocycles. The van der Waals surface area contributed by atoms with E-state index in [2.05, 4.69) is 20.8 Å². The van der Waals surface area contributed by atoms with Crippen LogP contribution in [0.25, 0.3) is 11.1 Å². The zero-order valence-electron chi connectivity index (χ0n) is 13.7. The van der Waals surface area contributed by atoms with Gasteiger partial charge in [-0.1, -0.05) is 36.4 Å². The number of hydrogen-bond donors (Lipinski definition) is 3. The Bertz CT molecular complexity index is 810. The minimum Gasteiger partial charge on any atom is -0.324 e. The maximum Gasteiger partial charge on any atom is 0.246 e. The molecule has 0 fully saturated rings. The highest BCUT2D eigenvalue weighted by atomic mass is 16.2. The molecule has 0 bridgehead atoms. The third-order valence-corrected chi connectivity index (χ3v) is 4.03. The summed E-state index contributed by atoms with van der Waals surface area (Å²) in [5.41, 5.74) is 4.89. The lowest BCUT2D eigenvalue weighted by Crippen LogP contribution is -2.31. The number of carbonyl (C=O) groups is 1. The number of benzene rings is 2. The molecule has 0 saturated heterocycles. The van der Waals surface area contributed by atoms with E-state index in [4.69, 9.17) is 0 Å². The Morgan fingerprint density at radius 2 is 1.83 bits per heavy atom. The molecule has 1 amide bonds. The van der Waals surface area contributed by atoms with Crippen LogP contribution in [-0.4, -0.2) is 23.2 Å². The molecule has 0 spiro atoms. The number of aromatic amines is 1. The van der Waals surface area contributed by atoms with Crippen molar-refractivity contribution < 1.29 is 4.79 Å². The summed E-state index contributed by atoms with van der Waals surface area (Å²) in [5.74, 6) is -0.0807. The number of likely N-dealkylation sites (N-methyl/N-ethyl adjacent to an activating group) is 1. The van der Waals surface area contributed by atoms with Gasteiger partial charge in [0.25, 0.3) is 0 Å². The monoisotopic (exact) mass is 320 g/mol. The van der Waals surface area contributed by atoms with Crippen molar-refractivity contribution in [3.05, 3.63) is 72.1 Å². The lowest BCUT2D eigenvalue weighted by atomic mass is 10.0. The number of aryl methyl sites for hydroxylation is 1. The molecule has 3 N–H and O–H groups in total. The molecule has 0 aliphatic carbocycles. The molecular weight excluding hydrogens is 300 g/mol. The predicted octanol–water partition coefficient (Wildman–Crippen LogP) is 3.28. The SMILES string of the molecule is CNC(C(=O)Nc1ccc(-c2cn[nH]c2)cc1)c1ccccc1C. The standard InChI is InChI=1S/C19H20N4O/c1-13-5-3-4-6-17(13)18(20-2)19(24)23-16-9-7-14(8-10-16)15-11-21-22-12-15/h3-12,18,20H,1-2H3,(H,21,22)(H,23,24). The molecule has 5 heteroatoms. The second-order valence-corrected chi connectivity index (χ2v) is 5.63. The average Bonchev–Trinajstić information content (AvgIpc) is 3.12. The number of H-pyrrole nitrogens is 1. The molecule has 1 aromatic heterocycles. The quantitative estimate of drug-likeness (QED) is 0.675. The first-order chi connectivity index (χ1) is 11.7. The van der Waals surface area contributed by atoms with Gasteiger partial charge in [-0.3, -0.25) is 9.89 Å². The lowest BCUT2D eigenvalue weighted by Gasteiger charge is -2.18. The van der Waals surface area contributed by atoms with Crippen LogP contribution in [-0.2, 0) is 4.79 Å². The van der Waals surface area contributed by atoms with Crippen LogP contribution in [0.3, 0.4) is 0 Å². The van der Waals surface area contributed by atoms with Gasteiger partial charge in [0.2, 0.25) is 5.91 Å². The summed E-state index contributed by atoms with van der Waals surface area (Å²) in [7, 11) is 1.79. The van der Waals surface area contributed by atoms with Crippen molar-refractivity contribution in [1.29, 1.82) is 0 Å². The van der Waals surface area contributed by atoms with E-state index in [9.17, 15) is 4.79 Å². The van der Waals surface area contributed by atoms with Gasteiger partial charge in [-0.05, 0) is 42.8 Å². The fourth-order valence-electron chi connectivity index (χ4n) is 2.71. The van der Waals surface area contributed by atoms with E-state index >= 15 is 0 Å². The molecule has 2 aromatic carbocycles. The summed E-state index contributed by atoms with van der Waals surface area (Å²) in [6.45, 7) is 2.01. The van der Waals surface area contributed by atoms with Crippen LogP contribution in [0.15, 0.2) is 60.9 Å². The van der Waals surface area contributed by atoms with E-state index in [1.807, 2.05) is 61.7 Å². The Morgan fingerprint density at radius 3 is 2.46 bits per heavy atom. The van der Waals surface area contributed by atoms with Gasteiger partial charge in [0, 0.05) is 17.4 Å². The van der Waals surface area contributed by atoms with Crippen LogP contribution >= 0.6 is 0 Å². The fraction of sp³-hybridized carbons (Fsp3) is 0.158. The summed E-state index contributed by atoms with van der Waals surface area (Å²) in [5, 5.41) is 12.8. The van der Waals surface area contributed by atoms with Gasteiger partial charge in [-0.2, -0.15) is 5.10 Å². The summed E-state index contributed by atoms with van der Waals surface area (Å²) < 4.78 is 0. The van der Waals surface area contributed by atoms with E-state index in [0.717, 1.165) is 27.9 Å². The van der Waals surface area contributed by atoms with Crippen molar-refractivity contribution in [2.75, 3.05) is 12.4 Å². The lowest BCUT2D eigenvalue weighted by molar-refractivity contribution is -0.118. The number of aromatic nitrogens is 2. The molecule has 5 nitrogen and oxygen atoms in total. The minimum atomic E-state index is -0.389. The molecule has 0 radical (unpaired) electrons. The highest BCUT2D eigenvalue weighted by Crippen LogP contribution is 2.22. The highest BCUT2D eigenvalue weighted by molar-refractivity contribution is 5.96. The topological polar surface area (TPSA) is 69.8 Å². The van der Waals surface area contributed by atoms with Gasteiger partial charge in [0.05, 0.1) is 6.20 Å². The van der Waals surface area contributed by atoms with Crippen LogP contribution in [0.5, 0.6) is 0 Å². The molecule has 0 aliphatic rings. The van der Waals surface area contributed by atoms with Crippen molar-refractivity contribution in [1.82, 2.24) is 15.5 Å².